The zero-order chi connectivity index (χ0) is 9.59. The van der Waals surface area contributed by atoms with E-state index in [0.717, 1.165) is 22.3 Å². The summed E-state index contributed by atoms with van der Waals surface area (Å²) in [6.07, 6.45) is 0. The van der Waals surface area contributed by atoms with Gasteiger partial charge in [0.2, 0.25) is 0 Å². The first-order valence-corrected chi connectivity index (χ1v) is 4.45. The van der Waals surface area contributed by atoms with Crippen molar-refractivity contribution in [2.24, 2.45) is 5.92 Å². The number of Topliss-reactive ketones (excluding diaryl/α,β-unsaturated/α-hetero) is 1. The zero-order valence-corrected chi connectivity index (χ0v) is 7.92. The summed E-state index contributed by atoms with van der Waals surface area (Å²) < 4.78 is 0. The highest BCUT2D eigenvalue weighted by atomic mass is 16.1. The first kappa shape index (κ1) is 8.24. The molecule has 0 amide bonds. The van der Waals surface area contributed by atoms with E-state index in [4.69, 9.17) is 0 Å². The average molecular weight is 172 g/mol. The maximum absolute atomic E-state index is 11.7. The molecule has 0 radical (unpaired) electrons. The number of benzene rings is 1. The minimum Gasteiger partial charge on any atom is -0.293 e. The number of carbonyl (C=O) groups is 1. The van der Waals surface area contributed by atoms with Crippen LogP contribution in [0.25, 0.3) is 5.57 Å². The molecule has 0 bridgehead atoms. The standard InChI is InChI=1S/C12H12O/c1-7-4-5-10-8(2)9(3)12(13)11(10)6-7/h4-6,9H,2H2,1,3H3. The van der Waals surface area contributed by atoms with Gasteiger partial charge in [-0.2, -0.15) is 0 Å². The Balaban J connectivity index is 2.67. The molecule has 0 saturated heterocycles. The summed E-state index contributed by atoms with van der Waals surface area (Å²) in [6.45, 7) is 7.85. The lowest BCUT2D eigenvalue weighted by Gasteiger charge is -1.99. The molecule has 66 valence electrons. The third-order valence-corrected chi connectivity index (χ3v) is 2.70. The van der Waals surface area contributed by atoms with Gasteiger partial charge < -0.3 is 0 Å². The van der Waals surface area contributed by atoms with E-state index in [1.165, 1.54) is 0 Å². The molecule has 0 spiro atoms. The Bertz CT molecular complexity index is 402. The Morgan fingerprint density at radius 3 is 2.69 bits per heavy atom. The third-order valence-electron chi connectivity index (χ3n) is 2.70. The first-order valence-electron chi connectivity index (χ1n) is 4.45. The van der Waals surface area contributed by atoms with Crippen LogP contribution in [-0.4, -0.2) is 5.78 Å². The first-order chi connectivity index (χ1) is 6.11. The second-order valence-corrected chi connectivity index (χ2v) is 3.66. The SMILES string of the molecule is C=C1c2ccc(C)cc2C(=O)C1C. The van der Waals surface area contributed by atoms with Crippen LogP contribution in [0.15, 0.2) is 24.8 Å². The van der Waals surface area contributed by atoms with E-state index < -0.39 is 0 Å². The summed E-state index contributed by atoms with van der Waals surface area (Å²) in [5.74, 6) is 0.181. The van der Waals surface area contributed by atoms with Gasteiger partial charge in [0.15, 0.2) is 5.78 Å². The van der Waals surface area contributed by atoms with Crippen LogP contribution in [0, 0.1) is 12.8 Å². The number of ketones is 1. The molecule has 0 aliphatic heterocycles. The molecule has 1 unspecified atom stereocenters. The lowest BCUT2D eigenvalue weighted by atomic mass is 10.0. The fraction of sp³-hybridized carbons (Fsp3) is 0.250. The van der Waals surface area contributed by atoms with E-state index in [0.29, 0.717) is 0 Å². The van der Waals surface area contributed by atoms with E-state index in [1.54, 1.807) is 0 Å². The van der Waals surface area contributed by atoms with Gasteiger partial charge in [0.05, 0.1) is 0 Å². The summed E-state index contributed by atoms with van der Waals surface area (Å²) in [6, 6.07) is 5.97. The second kappa shape index (κ2) is 2.56. The normalized spacial score (nSPS) is 20.6. The van der Waals surface area contributed by atoms with Crippen molar-refractivity contribution >= 4 is 11.4 Å². The minimum absolute atomic E-state index is 0.0307. The summed E-state index contributed by atoms with van der Waals surface area (Å²) in [5.41, 5.74) is 3.97. The van der Waals surface area contributed by atoms with Crippen molar-refractivity contribution in [2.75, 3.05) is 0 Å². The van der Waals surface area contributed by atoms with Crippen LogP contribution in [0.2, 0.25) is 0 Å². The molecule has 13 heavy (non-hydrogen) atoms. The molecule has 1 nitrogen and oxygen atoms in total. The summed E-state index contributed by atoms with van der Waals surface area (Å²) in [7, 11) is 0. The van der Waals surface area contributed by atoms with Crippen molar-refractivity contribution in [3.05, 3.63) is 41.5 Å². The fourth-order valence-corrected chi connectivity index (χ4v) is 1.77. The Labute approximate surface area is 78.1 Å². The number of hydrogen-bond acceptors (Lipinski definition) is 1. The molecule has 1 aromatic rings. The number of hydrogen-bond donors (Lipinski definition) is 0. The van der Waals surface area contributed by atoms with Gasteiger partial charge in [-0.3, -0.25) is 4.79 Å². The summed E-state index contributed by atoms with van der Waals surface area (Å²) >= 11 is 0. The minimum atomic E-state index is -0.0307. The van der Waals surface area contributed by atoms with Gasteiger partial charge in [0.1, 0.15) is 0 Å². The largest absolute Gasteiger partial charge is 0.293 e. The Morgan fingerprint density at radius 1 is 1.31 bits per heavy atom. The van der Waals surface area contributed by atoms with Crippen LogP contribution >= 0.6 is 0 Å². The lowest BCUT2D eigenvalue weighted by molar-refractivity contribution is 0.0966. The molecule has 1 aliphatic rings. The van der Waals surface area contributed by atoms with E-state index in [2.05, 4.69) is 6.58 Å². The van der Waals surface area contributed by atoms with E-state index in [1.807, 2.05) is 32.0 Å². The van der Waals surface area contributed by atoms with Crippen LogP contribution in [0.1, 0.15) is 28.4 Å². The second-order valence-electron chi connectivity index (χ2n) is 3.66. The van der Waals surface area contributed by atoms with E-state index >= 15 is 0 Å². The molecule has 1 aromatic carbocycles. The summed E-state index contributed by atoms with van der Waals surface area (Å²) in [4.78, 5) is 11.7. The number of allylic oxidation sites excluding steroid dienone is 1. The smallest absolute Gasteiger partial charge is 0.170 e. The number of carbonyl (C=O) groups excluding carboxylic acids is 1. The lowest BCUT2D eigenvalue weighted by Crippen LogP contribution is -2.02. The van der Waals surface area contributed by atoms with Gasteiger partial charge in [-0.05, 0) is 24.1 Å². The summed E-state index contributed by atoms with van der Waals surface area (Å²) in [5, 5.41) is 0. The molecule has 0 heterocycles. The Kier molecular flexibility index (Phi) is 1.62. The Morgan fingerprint density at radius 2 is 2.00 bits per heavy atom. The predicted molar refractivity (Wildman–Crippen MR) is 53.7 cm³/mol. The van der Waals surface area contributed by atoms with Crippen molar-refractivity contribution in [1.29, 1.82) is 0 Å². The number of rotatable bonds is 0. The van der Waals surface area contributed by atoms with Crippen LogP contribution in [0.5, 0.6) is 0 Å². The van der Waals surface area contributed by atoms with Crippen LogP contribution < -0.4 is 0 Å². The van der Waals surface area contributed by atoms with Gasteiger partial charge >= 0.3 is 0 Å². The topological polar surface area (TPSA) is 17.1 Å². The van der Waals surface area contributed by atoms with E-state index in [9.17, 15) is 4.79 Å². The average Bonchev–Trinajstić information content (AvgIpc) is 2.32. The molecule has 1 heteroatoms. The van der Waals surface area contributed by atoms with Gasteiger partial charge in [-0.1, -0.05) is 31.2 Å². The van der Waals surface area contributed by atoms with Crippen LogP contribution in [-0.2, 0) is 0 Å². The van der Waals surface area contributed by atoms with Crippen LogP contribution in [0.4, 0.5) is 0 Å². The predicted octanol–water partition coefficient (Wildman–Crippen LogP) is 2.84. The highest BCUT2D eigenvalue weighted by Gasteiger charge is 2.29. The van der Waals surface area contributed by atoms with Gasteiger partial charge in [-0.15, -0.1) is 0 Å². The Hall–Kier alpha value is -1.37. The molecule has 0 saturated carbocycles. The quantitative estimate of drug-likeness (QED) is 0.588. The molecule has 0 N–H and O–H groups in total. The molecule has 0 fully saturated rings. The van der Waals surface area contributed by atoms with Crippen molar-refractivity contribution in [3.63, 3.8) is 0 Å². The van der Waals surface area contributed by atoms with Crippen molar-refractivity contribution < 1.29 is 4.79 Å². The molecule has 2 rings (SSSR count). The monoisotopic (exact) mass is 172 g/mol. The molecule has 1 atom stereocenters. The van der Waals surface area contributed by atoms with Gasteiger partial charge in [0, 0.05) is 11.5 Å². The fourth-order valence-electron chi connectivity index (χ4n) is 1.77. The van der Waals surface area contributed by atoms with Crippen molar-refractivity contribution in [3.8, 4) is 0 Å². The molecular weight excluding hydrogens is 160 g/mol. The van der Waals surface area contributed by atoms with Gasteiger partial charge in [0.25, 0.3) is 0 Å². The highest BCUT2D eigenvalue weighted by Crippen LogP contribution is 2.35. The molecule has 0 aromatic heterocycles. The maximum Gasteiger partial charge on any atom is 0.170 e. The van der Waals surface area contributed by atoms with Gasteiger partial charge in [-0.25, -0.2) is 0 Å². The molecular formula is C12H12O. The van der Waals surface area contributed by atoms with Crippen molar-refractivity contribution in [1.82, 2.24) is 0 Å². The van der Waals surface area contributed by atoms with E-state index in [-0.39, 0.29) is 11.7 Å². The number of fused-ring (bicyclic) bond motifs is 1. The zero-order valence-electron chi connectivity index (χ0n) is 7.92. The van der Waals surface area contributed by atoms with Crippen LogP contribution in [0.3, 0.4) is 0 Å². The molecule has 1 aliphatic carbocycles. The number of aryl methyl sites for hydroxylation is 1. The third kappa shape index (κ3) is 1.04. The van der Waals surface area contributed by atoms with Crippen molar-refractivity contribution in [2.45, 2.75) is 13.8 Å². The maximum atomic E-state index is 11.7. The highest BCUT2D eigenvalue weighted by molar-refractivity contribution is 6.13.